The predicted molar refractivity (Wildman–Crippen MR) is 83.9 cm³/mol. The van der Waals surface area contributed by atoms with Crippen molar-refractivity contribution in [2.75, 3.05) is 0 Å². The van der Waals surface area contributed by atoms with Gasteiger partial charge < -0.3 is 15.8 Å². The molecular weight excluding hydrogens is 280 g/mol. The maximum Gasteiger partial charge on any atom is 0.352 e. The molecule has 2 aromatic carbocycles. The second-order valence-electron chi connectivity index (χ2n) is 5.20. The lowest BCUT2D eigenvalue weighted by Gasteiger charge is -2.08. The number of nitrogens with two attached hydrogens (primary N) is 1. The van der Waals surface area contributed by atoms with E-state index in [4.69, 9.17) is 10.8 Å². The smallest absolute Gasteiger partial charge is 0.352 e. The minimum absolute atomic E-state index is 0.131. The van der Waals surface area contributed by atoms with E-state index >= 15 is 0 Å². The lowest BCUT2D eigenvalue weighted by atomic mass is 9.96. The molecule has 3 rings (SSSR count). The minimum Gasteiger partial charge on any atom is -0.477 e. The van der Waals surface area contributed by atoms with Gasteiger partial charge in [0.2, 0.25) is 5.91 Å². The van der Waals surface area contributed by atoms with Crippen LogP contribution in [-0.2, 0) is 0 Å². The SMILES string of the molecule is Cc1ccc(-c2ccc3[nH]c(C(=O)O)cc3c2)c(C(N)=O)c1. The first kappa shape index (κ1) is 13.9. The van der Waals surface area contributed by atoms with Crippen molar-refractivity contribution in [3.63, 3.8) is 0 Å². The summed E-state index contributed by atoms with van der Waals surface area (Å²) in [6, 6.07) is 12.5. The number of aromatic nitrogens is 1. The third-order valence-electron chi connectivity index (χ3n) is 3.60. The molecule has 0 saturated heterocycles. The number of carbonyl (C=O) groups excluding carboxylic acids is 1. The number of primary amides is 1. The Balaban J connectivity index is 2.18. The van der Waals surface area contributed by atoms with E-state index in [0.29, 0.717) is 5.56 Å². The average molecular weight is 294 g/mol. The zero-order valence-electron chi connectivity index (χ0n) is 11.9. The summed E-state index contributed by atoms with van der Waals surface area (Å²) in [7, 11) is 0. The van der Waals surface area contributed by atoms with E-state index in [2.05, 4.69) is 4.98 Å². The normalized spacial score (nSPS) is 10.8. The molecule has 0 fully saturated rings. The van der Waals surface area contributed by atoms with Gasteiger partial charge >= 0.3 is 5.97 Å². The number of benzene rings is 2. The third-order valence-corrected chi connectivity index (χ3v) is 3.60. The number of carbonyl (C=O) groups is 2. The van der Waals surface area contributed by atoms with Gasteiger partial charge in [0, 0.05) is 16.5 Å². The number of aromatic carboxylic acids is 1. The van der Waals surface area contributed by atoms with Crippen LogP contribution in [-0.4, -0.2) is 22.0 Å². The fourth-order valence-corrected chi connectivity index (χ4v) is 2.53. The molecule has 5 nitrogen and oxygen atoms in total. The maximum atomic E-state index is 11.6. The predicted octanol–water partition coefficient (Wildman–Crippen LogP) is 2.94. The molecule has 1 heterocycles. The number of nitrogens with one attached hydrogen (secondary N) is 1. The molecule has 22 heavy (non-hydrogen) atoms. The summed E-state index contributed by atoms with van der Waals surface area (Å²) in [4.78, 5) is 25.5. The number of carboxylic acids is 1. The molecule has 0 saturated carbocycles. The van der Waals surface area contributed by atoms with Crippen molar-refractivity contribution < 1.29 is 14.7 Å². The summed E-state index contributed by atoms with van der Waals surface area (Å²) in [6.45, 7) is 1.89. The Labute approximate surface area is 126 Å². The lowest BCUT2D eigenvalue weighted by Crippen LogP contribution is -2.12. The highest BCUT2D eigenvalue weighted by Gasteiger charge is 2.12. The van der Waals surface area contributed by atoms with Crippen molar-refractivity contribution in [2.45, 2.75) is 6.92 Å². The number of aryl methyl sites for hydroxylation is 1. The van der Waals surface area contributed by atoms with Crippen molar-refractivity contribution in [3.05, 3.63) is 59.3 Å². The zero-order chi connectivity index (χ0) is 15.9. The second-order valence-corrected chi connectivity index (χ2v) is 5.20. The summed E-state index contributed by atoms with van der Waals surface area (Å²) in [5.74, 6) is -1.50. The average Bonchev–Trinajstić information content (AvgIpc) is 2.90. The molecule has 0 aliphatic rings. The van der Waals surface area contributed by atoms with Crippen molar-refractivity contribution in [2.24, 2.45) is 5.73 Å². The monoisotopic (exact) mass is 294 g/mol. The Morgan fingerprint density at radius 3 is 2.55 bits per heavy atom. The third kappa shape index (κ3) is 2.33. The topological polar surface area (TPSA) is 96.2 Å². The first-order valence-corrected chi connectivity index (χ1v) is 6.72. The van der Waals surface area contributed by atoms with E-state index in [1.807, 2.05) is 31.2 Å². The van der Waals surface area contributed by atoms with Crippen LogP contribution in [0.1, 0.15) is 26.4 Å². The largest absolute Gasteiger partial charge is 0.477 e. The molecule has 110 valence electrons. The Bertz CT molecular complexity index is 909. The van der Waals surface area contributed by atoms with Crippen LogP contribution in [0.3, 0.4) is 0 Å². The van der Waals surface area contributed by atoms with E-state index < -0.39 is 11.9 Å². The highest BCUT2D eigenvalue weighted by Crippen LogP contribution is 2.28. The van der Waals surface area contributed by atoms with Crippen LogP contribution in [0.4, 0.5) is 0 Å². The number of aromatic amines is 1. The fourth-order valence-electron chi connectivity index (χ4n) is 2.53. The van der Waals surface area contributed by atoms with Crippen molar-refractivity contribution in [1.29, 1.82) is 0 Å². The Hall–Kier alpha value is -3.08. The molecule has 3 aromatic rings. The maximum absolute atomic E-state index is 11.6. The number of fused-ring (bicyclic) bond motifs is 1. The van der Waals surface area contributed by atoms with Gasteiger partial charge in [0.1, 0.15) is 5.69 Å². The molecule has 0 unspecified atom stereocenters. The summed E-state index contributed by atoms with van der Waals surface area (Å²) >= 11 is 0. The van der Waals surface area contributed by atoms with E-state index in [0.717, 1.165) is 27.6 Å². The molecule has 1 aromatic heterocycles. The molecule has 5 heteroatoms. The first-order chi connectivity index (χ1) is 10.5. The standard InChI is InChI=1S/C17H14N2O3/c1-9-2-4-12(13(6-9)16(18)20)10-3-5-14-11(7-10)8-15(19-14)17(21)22/h2-8,19H,1H3,(H2,18,20)(H,21,22). The van der Waals surface area contributed by atoms with Crippen LogP contribution >= 0.6 is 0 Å². The van der Waals surface area contributed by atoms with Gasteiger partial charge in [-0.15, -0.1) is 0 Å². The Kier molecular flexibility index (Phi) is 3.18. The fraction of sp³-hybridized carbons (Fsp3) is 0.0588. The molecule has 0 bridgehead atoms. The van der Waals surface area contributed by atoms with Crippen LogP contribution in [0.25, 0.3) is 22.0 Å². The molecular formula is C17H14N2O3. The molecule has 0 spiro atoms. The molecule has 0 aliphatic heterocycles. The van der Waals surface area contributed by atoms with Gasteiger partial charge in [-0.1, -0.05) is 23.8 Å². The van der Waals surface area contributed by atoms with Crippen LogP contribution in [0.15, 0.2) is 42.5 Å². The van der Waals surface area contributed by atoms with Crippen LogP contribution in [0, 0.1) is 6.92 Å². The summed E-state index contributed by atoms with van der Waals surface area (Å²) in [6.07, 6.45) is 0. The van der Waals surface area contributed by atoms with E-state index in [1.54, 1.807) is 18.2 Å². The number of hydrogen-bond donors (Lipinski definition) is 3. The highest BCUT2D eigenvalue weighted by atomic mass is 16.4. The zero-order valence-corrected chi connectivity index (χ0v) is 11.9. The number of H-pyrrole nitrogens is 1. The van der Waals surface area contributed by atoms with Gasteiger partial charge in [0.15, 0.2) is 0 Å². The second kappa shape index (κ2) is 5.04. The van der Waals surface area contributed by atoms with E-state index in [-0.39, 0.29) is 5.69 Å². The van der Waals surface area contributed by atoms with Gasteiger partial charge in [-0.2, -0.15) is 0 Å². The molecule has 1 amide bonds. The number of carboxylic acid groups (broad SMARTS) is 1. The van der Waals surface area contributed by atoms with Crippen molar-refractivity contribution in [1.82, 2.24) is 4.98 Å². The van der Waals surface area contributed by atoms with Gasteiger partial charge in [0.05, 0.1) is 0 Å². The summed E-state index contributed by atoms with van der Waals surface area (Å²) in [5.41, 5.74) is 9.27. The molecule has 0 aliphatic carbocycles. The Morgan fingerprint density at radius 2 is 1.86 bits per heavy atom. The summed E-state index contributed by atoms with van der Waals surface area (Å²) in [5, 5.41) is 9.80. The van der Waals surface area contributed by atoms with E-state index in [9.17, 15) is 9.59 Å². The van der Waals surface area contributed by atoms with E-state index in [1.165, 1.54) is 0 Å². The summed E-state index contributed by atoms with van der Waals surface area (Å²) < 4.78 is 0. The molecule has 0 radical (unpaired) electrons. The van der Waals surface area contributed by atoms with Gasteiger partial charge in [-0.25, -0.2) is 4.79 Å². The van der Waals surface area contributed by atoms with Crippen LogP contribution in [0.5, 0.6) is 0 Å². The Morgan fingerprint density at radius 1 is 1.09 bits per heavy atom. The molecule has 0 atom stereocenters. The van der Waals surface area contributed by atoms with Crippen LogP contribution in [0.2, 0.25) is 0 Å². The highest BCUT2D eigenvalue weighted by molar-refractivity contribution is 6.01. The number of amides is 1. The van der Waals surface area contributed by atoms with Gasteiger partial charge in [-0.3, -0.25) is 4.79 Å². The quantitative estimate of drug-likeness (QED) is 0.693. The lowest BCUT2D eigenvalue weighted by molar-refractivity contribution is 0.0691. The van der Waals surface area contributed by atoms with Crippen molar-refractivity contribution >= 4 is 22.8 Å². The van der Waals surface area contributed by atoms with Gasteiger partial charge in [0.25, 0.3) is 0 Å². The van der Waals surface area contributed by atoms with Gasteiger partial charge in [-0.05, 0) is 42.3 Å². The first-order valence-electron chi connectivity index (χ1n) is 6.72. The van der Waals surface area contributed by atoms with Crippen molar-refractivity contribution in [3.8, 4) is 11.1 Å². The van der Waals surface area contributed by atoms with Crippen LogP contribution < -0.4 is 5.73 Å². The number of rotatable bonds is 3. The molecule has 4 N–H and O–H groups in total. The minimum atomic E-state index is -1.01. The number of hydrogen-bond acceptors (Lipinski definition) is 2.